The third-order valence-electron chi connectivity index (χ3n) is 2.55. The lowest BCUT2D eigenvalue weighted by molar-refractivity contribution is -0.126. The van der Waals surface area contributed by atoms with Crippen LogP contribution >= 0.6 is 22.6 Å². The molecule has 1 aromatic rings. The number of rotatable bonds is 8. The zero-order valence-electron chi connectivity index (χ0n) is 11.7. The number of nitrogens with zero attached hydrogens (tertiary/aromatic N) is 1. The van der Waals surface area contributed by atoms with E-state index in [1.807, 2.05) is 6.07 Å². The molecule has 1 rings (SSSR count). The fourth-order valence-electron chi connectivity index (χ4n) is 1.56. The monoisotopic (exact) mass is 340 g/mol. The Morgan fingerprint density at radius 3 is 2.45 bits per heavy atom. The van der Waals surface area contributed by atoms with Gasteiger partial charge < -0.3 is 4.74 Å². The topological polar surface area (TPSA) is 80.8 Å². The molecule has 0 aliphatic heterocycles. The van der Waals surface area contributed by atoms with E-state index in [1.54, 1.807) is 24.3 Å². The molecule has 1 unspecified atom stereocenters. The predicted octanol–water partition coefficient (Wildman–Crippen LogP) is 2.14. The molecule has 0 bridgehead atoms. The smallest absolute Gasteiger partial charge is 0.421 e. The molecule has 0 N–H and O–H groups in total. The zero-order valence-corrected chi connectivity index (χ0v) is 13.4. The van der Waals surface area contributed by atoms with Crippen LogP contribution in [0.15, 0.2) is 30.3 Å². The van der Waals surface area contributed by atoms with E-state index in [2.05, 4.69) is 11.7 Å². The van der Waals surface area contributed by atoms with Gasteiger partial charge in [0.05, 0.1) is 6.42 Å². The molecule has 6 nitrogen and oxygen atoms in total. The highest BCUT2D eigenvalue weighted by molar-refractivity contribution is 8.67. The van der Waals surface area contributed by atoms with E-state index in [9.17, 15) is 19.2 Å². The van der Waals surface area contributed by atoms with Gasteiger partial charge in [0.2, 0.25) is 6.29 Å². The van der Waals surface area contributed by atoms with Crippen molar-refractivity contribution >= 4 is 46.6 Å². The quantitative estimate of drug-likeness (QED) is 0.338. The lowest BCUT2D eigenvalue weighted by Gasteiger charge is -2.22. The molecule has 0 saturated heterocycles. The van der Waals surface area contributed by atoms with E-state index < -0.39 is 30.1 Å². The van der Waals surface area contributed by atoms with Crippen molar-refractivity contribution in [1.29, 1.82) is 0 Å². The van der Waals surface area contributed by atoms with Crippen molar-refractivity contribution in [1.82, 2.24) is 4.31 Å². The number of carbonyl (C=O) groups excluding carboxylic acids is 4. The molecule has 1 aromatic carbocycles. The SMILES string of the molecule is CC(=O)CC(=O)C([C]=O)N(SS)C(=O)OCc1ccccc1. The standard InChI is InChI=1S/C14H14NO5S2/c1-10(17)7-13(18)12(8-16)15(22-21)14(19)20-9-11-5-3-2-4-6-11/h2-6,12,21H,7,9H2,1H3. The van der Waals surface area contributed by atoms with Crippen LogP contribution < -0.4 is 0 Å². The predicted molar refractivity (Wildman–Crippen MR) is 84.8 cm³/mol. The summed E-state index contributed by atoms with van der Waals surface area (Å²) in [5, 5.41) is 0. The molecule has 0 aliphatic carbocycles. The first-order valence-electron chi connectivity index (χ1n) is 6.20. The fraction of sp³-hybridized carbons (Fsp3) is 0.286. The van der Waals surface area contributed by atoms with Crippen LogP contribution in [-0.2, 0) is 25.7 Å². The zero-order chi connectivity index (χ0) is 16.5. The first-order chi connectivity index (χ1) is 10.5. The van der Waals surface area contributed by atoms with Gasteiger partial charge in [-0.3, -0.25) is 14.4 Å². The van der Waals surface area contributed by atoms with Crippen LogP contribution in [0, 0.1) is 0 Å². The molecule has 0 heterocycles. The molecule has 0 spiro atoms. The minimum Gasteiger partial charge on any atom is -0.444 e. The van der Waals surface area contributed by atoms with Crippen LogP contribution in [0.25, 0.3) is 0 Å². The number of Topliss-reactive ketones (excluding diaryl/α,β-unsaturated/α-hetero) is 2. The minimum absolute atomic E-state index is 0.0169. The Morgan fingerprint density at radius 1 is 1.32 bits per heavy atom. The molecule has 22 heavy (non-hydrogen) atoms. The lowest BCUT2D eigenvalue weighted by atomic mass is 10.1. The summed E-state index contributed by atoms with van der Waals surface area (Å²) in [4.78, 5) is 45.6. The maximum Gasteiger partial charge on any atom is 0.421 e. The van der Waals surface area contributed by atoms with Crippen LogP contribution in [-0.4, -0.2) is 34.3 Å². The second-order valence-electron chi connectivity index (χ2n) is 4.31. The summed E-state index contributed by atoms with van der Waals surface area (Å²) < 4.78 is 5.76. The van der Waals surface area contributed by atoms with E-state index in [1.165, 1.54) is 13.2 Å². The maximum absolute atomic E-state index is 12.0. The first kappa shape index (κ1) is 18.2. The van der Waals surface area contributed by atoms with Crippen molar-refractivity contribution in [2.24, 2.45) is 0 Å². The second kappa shape index (κ2) is 9.26. The number of amides is 1. The Labute approximate surface area is 137 Å². The number of benzene rings is 1. The molecule has 1 radical (unpaired) electrons. The molecule has 8 heteroatoms. The van der Waals surface area contributed by atoms with E-state index in [0.29, 0.717) is 11.0 Å². The van der Waals surface area contributed by atoms with Gasteiger partial charge in [-0.15, -0.1) is 0 Å². The van der Waals surface area contributed by atoms with Crippen molar-refractivity contribution in [3.8, 4) is 0 Å². The van der Waals surface area contributed by atoms with Crippen LogP contribution in [0.1, 0.15) is 18.9 Å². The molecule has 1 atom stereocenters. The molecular weight excluding hydrogens is 326 g/mol. The van der Waals surface area contributed by atoms with Gasteiger partial charge in [0.1, 0.15) is 12.4 Å². The van der Waals surface area contributed by atoms with Gasteiger partial charge in [0.25, 0.3) is 0 Å². The van der Waals surface area contributed by atoms with Crippen molar-refractivity contribution < 1.29 is 23.9 Å². The van der Waals surface area contributed by atoms with Gasteiger partial charge in [0, 0.05) is 11.0 Å². The minimum atomic E-state index is -1.53. The summed E-state index contributed by atoms with van der Waals surface area (Å²) in [6, 6.07) is 7.37. The summed E-state index contributed by atoms with van der Waals surface area (Å²) in [6.07, 6.45) is 0.0711. The van der Waals surface area contributed by atoms with Crippen molar-refractivity contribution in [2.45, 2.75) is 26.0 Å². The third kappa shape index (κ3) is 5.53. The summed E-state index contributed by atoms with van der Waals surface area (Å²) in [5.74, 6) is -1.15. The molecule has 0 aromatic heterocycles. The van der Waals surface area contributed by atoms with Gasteiger partial charge in [-0.1, -0.05) is 42.0 Å². The molecule has 0 aliphatic rings. The van der Waals surface area contributed by atoms with Crippen molar-refractivity contribution in [2.75, 3.05) is 0 Å². The highest BCUT2D eigenvalue weighted by Crippen LogP contribution is 2.20. The maximum atomic E-state index is 12.0. The Kier molecular flexibility index (Phi) is 7.69. The molecule has 1 amide bonds. The van der Waals surface area contributed by atoms with E-state index in [0.717, 1.165) is 9.87 Å². The highest BCUT2D eigenvalue weighted by Gasteiger charge is 2.32. The molecule has 0 fully saturated rings. The fourth-order valence-corrected chi connectivity index (χ4v) is 2.41. The molecule has 117 valence electrons. The van der Waals surface area contributed by atoms with Gasteiger partial charge in [-0.25, -0.2) is 9.10 Å². The number of thiol groups is 1. The Bertz CT molecular complexity index is 549. The highest BCUT2D eigenvalue weighted by atomic mass is 33.1. The van der Waals surface area contributed by atoms with Gasteiger partial charge in [-0.05, 0) is 12.5 Å². The normalized spacial score (nSPS) is 11.4. The van der Waals surface area contributed by atoms with Gasteiger partial charge in [-0.2, -0.15) is 0 Å². The number of ether oxygens (including phenoxy) is 1. The first-order valence-corrected chi connectivity index (χ1v) is 8.03. The summed E-state index contributed by atoms with van der Waals surface area (Å²) in [6.45, 7) is 1.20. The van der Waals surface area contributed by atoms with Crippen LogP contribution in [0.5, 0.6) is 0 Å². The number of hydrogen-bond acceptors (Lipinski definition) is 7. The second-order valence-corrected chi connectivity index (χ2v) is 5.36. The lowest BCUT2D eigenvalue weighted by Crippen LogP contribution is -2.42. The summed E-state index contributed by atoms with van der Waals surface area (Å²) in [5.41, 5.74) is 0.752. The van der Waals surface area contributed by atoms with Crippen molar-refractivity contribution in [3.05, 3.63) is 35.9 Å². The van der Waals surface area contributed by atoms with Gasteiger partial charge >= 0.3 is 6.09 Å². The molecule has 0 saturated carbocycles. The third-order valence-corrected chi connectivity index (χ3v) is 3.61. The van der Waals surface area contributed by atoms with Crippen LogP contribution in [0.2, 0.25) is 0 Å². The summed E-state index contributed by atoms with van der Waals surface area (Å²) in [7, 11) is 0.560. The average Bonchev–Trinajstić information content (AvgIpc) is 2.50. The Balaban J connectivity index is 2.71. The summed E-state index contributed by atoms with van der Waals surface area (Å²) >= 11 is 3.84. The number of carbonyl (C=O) groups is 3. The number of hydrogen-bond donors (Lipinski definition) is 1. The van der Waals surface area contributed by atoms with Crippen molar-refractivity contribution in [3.63, 3.8) is 0 Å². The Morgan fingerprint density at radius 2 is 1.95 bits per heavy atom. The van der Waals surface area contributed by atoms with Gasteiger partial charge in [0.15, 0.2) is 11.8 Å². The van der Waals surface area contributed by atoms with Crippen LogP contribution in [0.4, 0.5) is 4.79 Å². The average molecular weight is 340 g/mol. The van der Waals surface area contributed by atoms with E-state index >= 15 is 0 Å². The largest absolute Gasteiger partial charge is 0.444 e. The molecular formula is C14H14NO5S2. The Hall–Kier alpha value is -1.80. The van der Waals surface area contributed by atoms with E-state index in [-0.39, 0.29) is 6.61 Å². The van der Waals surface area contributed by atoms with Crippen LogP contribution in [0.3, 0.4) is 0 Å². The number of ketones is 2. The van der Waals surface area contributed by atoms with E-state index in [4.69, 9.17) is 4.74 Å².